The minimum Gasteiger partial charge on any atom is -0.500 e. The Morgan fingerprint density at radius 3 is 1.17 bits per heavy atom. The molecule has 1 nitrogen and oxygen atoms in total. The van der Waals surface area contributed by atoms with Crippen molar-refractivity contribution in [1.29, 1.82) is 0 Å². The molecular weight excluding hydrogens is 458 g/mol. The van der Waals surface area contributed by atoms with E-state index >= 15 is 0 Å². The monoisotopic (exact) mass is 511 g/mol. The van der Waals surface area contributed by atoms with Gasteiger partial charge in [0.1, 0.15) is 0 Å². The molecule has 0 amide bonds. The van der Waals surface area contributed by atoms with Gasteiger partial charge in [0.25, 0.3) is 0 Å². The van der Waals surface area contributed by atoms with Gasteiger partial charge in [0.05, 0.1) is 0 Å². The molecule has 0 aromatic carbocycles. The van der Waals surface area contributed by atoms with E-state index in [0.29, 0.717) is 17.9 Å². The molecule has 192 valence electrons. The third-order valence-corrected chi connectivity index (χ3v) is 8.77. The van der Waals surface area contributed by atoms with Crippen LogP contribution >= 0.6 is 0 Å². The summed E-state index contributed by atoms with van der Waals surface area (Å²) in [4.78, 5) is 4.52. The Hall–Kier alpha value is 0.384. The number of hydrogen-bond acceptors (Lipinski definition) is 1. The van der Waals surface area contributed by atoms with Crippen LogP contribution < -0.4 is 0 Å². The van der Waals surface area contributed by atoms with Gasteiger partial charge in [-0.15, -0.1) is 0 Å². The molecule has 0 spiro atoms. The molecule has 3 fully saturated rings. The quantitative estimate of drug-likeness (QED) is 0.202. The van der Waals surface area contributed by atoms with Crippen LogP contribution in [0.25, 0.3) is 0 Å². The van der Waals surface area contributed by atoms with Gasteiger partial charge in [0, 0.05) is 6.04 Å². The molecule has 0 aromatic heterocycles. The molecule has 10 radical (unpaired) electrons. The van der Waals surface area contributed by atoms with Gasteiger partial charge >= 0.3 is 21.7 Å². The number of nitrogens with zero attached hydrogens (tertiary/aromatic N) is 1. The molecule has 0 aliphatic heterocycles. The van der Waals surface area contributed by atoms with Crippen molar-refractivity contribution in [3.63, 3.8) is 0 Å². The summed E-state index contributed by atoms with van der Waals surface area (Å²) in [5, 5.41) is 0. The van der Waals surface area contributed by atoms with Crippen molar-refractivity contribution in [2.24, 2.45) is 16.8 Å². The Morgan fingerprint density at radius 2 is 0.914 bits per heavy atom. The van der Waals surface area contributed by atoms with Gasteiger partial charge in [-0.3, -0.25) is 0 Å². The molecule has 0 aromatic rings. The Balaban J connectivity index is 0.000000499. The molecule has 3 rings (SSSR count). The molecule has 0 bridgehead atoms. The molecule has 1 unspecified atom stereocenters. The topological polar surface area (TPSA) is 12.4 Å². The maximum Gasteiger partial charge on any atom is 4.00 e. The Bertz CT molecular complexity index is 446. The number of rotatable bonds is 4. The Kier molecular flexibility index (Phi) is 17.3. The van der Waals surface area contributed by atoms with Crippen molar-refractivity contribution in [2.75, 3.05) is 0 Å². The second-order valence-electron chi connectivity index (χ2n) is 11.0. The first-order valence-electron chi connectivity index (χ1n) is 13.5. The third-order valence-electron chi connectivity index (χ3n) is 8.77. The average Bonchev–Trinajstić information content (AvgIpc) is 3.10. The van der Waals surface area contributed by atoms with E-state index in [4.69, 9.17) is 0 Å². The minimum atomic E-state index is 0. The zero-order valence-electron chi connectivity index (χ0n) is 25.1. The number of aliphatic imine (C=N–C) groups is 1. The van der Waals surface area contributed by atoms with Crippen LogP contribution in [-0.4, -0.2) is 12.3 Å². The van der Waals surface area contributed by atoms with Crippen LogP contribution in [-0.2, 0) is 21.7 Å². The zero-order valence-corrected chi connectivity index (χ0v) is 26.7. The van der Waals surface area contributed by atoms with Crippen LogP contribution in [0.15, 0.2) is 4.99 Å². The molecule has 3 aliphatic rings. The first-order valence-corrected chi connectivity index (χ1v) is 13.5. The van der Waals surface area contributed by atoms with E-state index in [1.165, 1.54) is 91.3 Å². The van der Waals surface area contributed by atoms with Gasteiger partial charge in [0.2, 0.25) is 0 Å². The summed E-state index contributed by atoms with van der Waals surface area (Å²) < 4.78 is 0. The molecule has 35 heavy (non-hydrogen) atoms. The van der Waals surface area contributed by atoms with E-state index < -0.39 is 0 Å². The fourth-order valence-corrected chi connectivity index (χ4v) is 4.56. The summed E-state index contributed by atoms with van der Waals surface area (Å²) in [6.45, 7) is 30.5. The van der Waals surface area contributed by atoms with Crippen LogP contribution in [0.4, 0.5) is 0 Å². The van der Waals surface area contributed by atoms with Crippen molar-refractivity contribution < 1.29 is 21.7 Å². The molecule has 0 N–H and O–H groups in total. The summed E-state index contributed by atoms with van der Waals surface area (Å²) in [5.74, 6) is 15.8. The predicted octanol–water partition coefficient (Wildman–Crippen LogP) is 9.70. The van der Waals surface area contributed by atoms with Crippen molar-refractivity contribution in [3.05, 3.63) is 66.1 Å². The smallest absolute Gasteiger partial charge is 0.500 e. The van der Waals surface area contributed by atoms with E-state index in [2.05, 4.69) is 101 Å². The summed E-state index contributed by atoms with van der Waals surface area (Å²) in [5.41, 5.74) is 0. The second kappa shape index (κ2) is 17.1. The number of hydrogen-bond donors (Lipinski definition) is 0. The first-order chi connectivity index (χ1) is 15.8. The maximum absolute atomic E-state index is 4.52. The summed E-state index contributed by atoms with van der Waals surface area (Å²) >= 11 is 0. The minimum absolute atomic E-state index is 0. The normalized spacial score (nSPS) is 25.1. The third kappa shape index (κ3) is 10.6. The van der Waals surface area contributed by atoms with Gasteiger partial charge in [-0.1, -0.05) is 108 Å². The van der Waals surface area contributed by atoms with Gasteiger partial charge in [-0.2, -0.15) is 12.3 Å². The molecular formula is C33H53NTi+2. The molecule has 0 heterocycles. The van der Waals surface area contributed by atoms with Crippen LogP contribution in [0, 0.1) is 77.9 Å². The van der Waals surface area contributed by atoms with Crippen molar-refractivity contribution in [1.82, 2.24) is 0 Å². The molecule has 3 aliphatic carbocycles. The van der Waals surface area contributed by atoms with Crippen LogP contribution in [0.2, 0.25) is 0 Å². The van der Waals surface area contributed by atoms with E-state index in [9.17, 15) is 0 Å². The van der Waals surface area contributed by atoms with Gasteiger partial charge < -0.3 is 18.1 Å². The fraction of sp³-hybridized carbons (Fsp3) is 0.636. The van der Waals surface area contributed by atoms with E-state index in [-0.39, 0.29) is 21.7 Å². The van der Waals surface area contributed by atoms with Gasteiger partial charge in [-0.05, 0) is 72.0 Å². The van der Waals surface area contributed by atoms with Crippen molar-refractivity contribution in [3.8, 4) is 0 Å². The molecule has 2 heteroatoms. The molecule has 3 saturated carbocycles. The molecule has 1 atom stereocenters. The maximum atomic E-state index is 4.52. The van der Waals surface area contributed by atoms with Crippen LogP contribution in [0.5, 0.6) is 0 Å². The van der Waals surface area contributed by atoms with Gasteiger partial charge in [-0.25, -0.2) is 0 Å². The second-order valence-corrected chi connectivity index (χ2v) is 11.0. The summed E-state index contributed by atoms with van der Waals surface area (Å²) in [7, 11) is 0. The van der Waals surface area contributed by atoms with Crippen LogP contribution in [0.1, 0.15) is 122 Å². The SMILES string of the molecule is C[C]1[C](C)[C](C)[C](C)[C]1C.C[C]1[C](C)[C](C)[C](C)[C]1C.[CH2-]C(C[C-]=NC1CCCCC1)C(C)C.[Ti+4]. The average molecular weight is 512 g/mol. The largest absolute Gasteiger partial charge is 4.00 e. The first kappa shape index (κ1) is 35.4. The Labute approximate surface area is 237 Å². The van der Waals surface area contributed by atoms with Crippen molar-refractivity contribution in [2.45, 2.75) is 128 Å². The van der Waals surface area contributed by atoms with E-state index in [0.717, 1.165) is 6.42 Å². The summed E-state index contributed by atoms with van der Waals surface area (Å²) in [6.07, 6.45) is 10.8. The van der Waals surface area contributed by atoms with E-state index in [1.807, 2.05) is 0 Å². The predicted molar refractivity (Wildman–Crippen MR) is 152 cm³/mol. The van der Waals surface area contributed by atoms with Crippen molar-refractivity contribution >= 4 is 6.21 Å². The summed E-state index contributed by atoms with van der Waals surface area (Å²) in [6, 6.07) is 0.572. The van der Waals surface area contributed by atoms with E-state index in [1.54, 1.807) is 0 Å². The Morgan fingerprint density at radius 1 is 0.629 bits per heavy atom. The molecule has 0 saturated heterocycles. The van der Waals surface area contributed by atoms with Crippen LogP contribution in [0.3, 0.4) is 0 Å². The fourth-order valence-electron chi connectivity index (χ4n) is 4.56. The van der Waals surface area contributed by atoms with Gasteiger partial charge in [0.15, 0.2) is 0 Å². The zero-order chi connectivity index (χ0) is 26.2. The standard InChI is InChI=1S/C13H23N.2C10H15.Ti/c1-11(2)12(3)9-10-14-13-7-5-4-6-8-13;2*1-6-7(2)9(4)10(5)8(6)3;/h11-13H,3-9H2,1-2H3;2*1-5H3;/q-2;;;+4.